The van der Waals surface area contributed by atoms with Gasteiger partial charge in [0.2, 0.25) is 5.91 Å². The molecule has 1 saturated heterocycles. The number of nitrogens with zero attached hydrogens (tertiary/aromatic N) is 2. The van der Waals surface area contributed by atoms with Crippen LogP contribution in [-0.2, 0) is 4.79 Å². The van der Waals surface area contributed by atoms with Crippen LogP contribution in [0.2, 0.25) is 4.34 Å². The van der Waals surface area contributed by atoms with Crippen molar-refractivity contribution in [2.45, 2.75) is 31.8 Å². The smallest absolute Gasteiger partial charge is 0.264 e. The molecule has 5 nitrogen and oxygen atoms in total. The van der Waals surface area contributed by atoms with Gasteiger partial charge in [-0.15, -0.1) is 11.3 Å². The maximum absolute atomic E-state index is 12.4. The van der Waals surface area contributed by atoms with E-state index in [1.807, 2.05) is 11.8 Å². The van der Waals surface area contributed by atoms with Crippen molar-refractivity contribution in [3.8, 4) is 0 Å². The number of halogens is 1. The van der Waals surface area contributed by atoms with E-state index in [4.69, 9.17) is 11.6 Å². The summed E-state index contributed by atoms with van der Waals surface area (Å²) in [5.41, 5.74) is 0. The lowest BCUT2D eigenvalue weighted by Crippen LogP contribution is -2.55. The maximum atomic E-state index is 12.4. The molecule has 0 bridgehead atoms. The van der Waals surface area contributed by atoms with Crippen molar-refractivity contribution in [3.63, 3.8) is 0 Å². The van der Waals surface area contributed by atoms with Gasteiger partial charge in [0, 0.05) is 32.2 Å². The van der Waals surface area contributed by atoms with E-state index in [2.05, 4.69) is 10.2 Å². The molecule has 1 aliphatic carbocycles. The summed E-state index contributed by atoms with van der Waals surface area (Å²) in [7, 11) is 0. The Hall–Kier alpha value is -1.11. The van der Waals surface area contributed by atoms with Gasteiger partial charge < -0.3 is 10.2 Å². The second kappa shape index (κ2) is 6.56. The highest BCUT2D eigenvalue weighted by Crippen LogP contribution is 2.23. The summed E-state index contributed by atoms with van der Waals surface area (Å²) in [6, 6.07) is 3.78. The summed E-state index contributed by atoms with van der Waals surface area (Å²) in [6.07, 6.45) is 2.20. The Morgan fingerprint density at radius 3 is 2.50 bits per heavy atom. The number of hydrogen-bond donors (Lipinski definition) is 1. The van der Waals surface area contributed by atoms with Crippen LogP contribution in [0, 0.1) is 0 Å². The molecule has 0 spiro atoms. The molecule has 2 amide bonds. The third kappa shape index (κ3) is 3.62. The van der Waals surface area contributed by atoms with Gasteiger partial charge in [0.05, 0.1) is 15.3 Å². The molecule has 1 aromatic rings. The average molecular weight is 342 g/mol. The van der Waals surface area contributed by atoms with Gasteiger partial charge in [-0.05, 0) is 31.9 Å². The lowest BCUT2D eigenvalue weighted by atomic mass is 10.2. The Kier molecular flexibility index (Phi) is 4.70. The number of hydrogen-bond acceptors (Lipinski definition) is 4. The zero-order valence-corrected chi connectivity index (χ0v) is 14.1. The second-order valence-electron chi connectivity index (χ2n) is 5.89. The molecular weight excluding hydrogens is 322 g/mol. The summed E-state index contributed by atoms with van der Waals surface area (Å²) in [5.74, 6) is 0.138. The van der Waals surface area contributed by atoms with Gasteiger partial charge in [-0.25, -0.2) is 0 Å². The minimum atomic E-state index is -0.131. The normalized spacial score (nSPS) is 20.7. The summed E-state index contributed by atoms with van der Waals surface area (Å²) in [6.45, 7) is 4.69. The number of rotatable bonds is 4. The molecule has 1 N–H and O–H groups in total. The lowest BCUT2D eigenvalue weighted by Gasteiger charge is -2.37. The van der Waals surface area contributed by atoms with Crippen molar-refractivity contribution >= 4 is 34.8 Å². The third-order valence-corrected chi connectivity index (χ3v) is 5.46. The van der Waals surface area contributed by atoms with Gasteiger partial charge in [0.25, 0.3) is 5.91 Å². The van der Waals surface area contributed by atoms with Gasteiger partial charge in [0.1, 0.15) is 0 Å². The summed E-state index contributed by atoms with van der Waals surface area (Å²) in [5, 5.41) is 3.04. The predicted molar refractivity (Wildman–Crippen MR) is 87.4 cm³/mol. The first-order valence-corrected chi connectivity index (χ1v) is 8.83. The molecule has 1 unspecified atom stereocenters. The highest BCUT2D eigenvalue weighted by Gasteiger charge is 2.31. The van der Waals surface area contributed by atoms with Crippen LogP contribution in [0.4, 0.5) is 0 Å². The van der Waals surface area contributed by atoms with Crippen LogP contribution in [0.1, 0.15) is 29.4 Å². The standard InChI is InChI=1S/C15H20ClN3O2S/c1-10(14(20)17-11-2-3-11)18-6-8-19(9-7-18)15(21)12-4-5-13(16)22-12/h4-5,10-11H,2-3,6-9H2,1H3,(H,17,20). The third-order valence-electron chi connectivity index (χ3n) is 4.24. The number of thiophene rings is 1. The summed E-state index contributed by atoms with van der Waals surface area (Å²) < 4.78 is 0.632. The fourth-order valence-electron chi connectivity index (χ4n) is 2.61. The van der Waals surface area contributed by atoms with E-state index >= 15 is 0 Å². The van der Waals surface area contributed by atoms with E-state index in [1.165, 1.54) is 11.3 Å². The van der Waals surface area contributed by atoms with Gasteiger partial charge in [0.15, 0.2) is 0 Å². The number of carbonyl (C=O) groups excluding carboxylic acids is 2. The van der Waals surface area contributed by atoms with Crippen molar-refractivity contribution in [2.75, 3.05) is 26.2 Å². The minimum absolute atomic E-state index is 0.0339. The molecule has 0 radical (unpaired) electrons. The molecule has 1 aliphatic heterocycles. The molecule has 3 rings (SSSR count). The van der Waals surface area contributed by atoms with Crippen LogP contribution in [-0.4, -0.2) is 59.9 Å². The van der Waals surface area contributed by atoms with Crippen LogP contribution in [0.25, 0.3) is 0 Å². The average Bonchev–Trinajstić information content (AvgIpc) is 3.24. The SMILES string of the molecule is CC(C(=O)NC1CC1)N1CCN(C(=O)c2ccc(Cl)s2)CC1. The highest BCUT2D eigenvalue weighted by atomic mass is 35.5. The molecular formula is C15H20ClN3O2S. The van der Waals surface area contributed by atoms with Crippen molar-refractivity contribution in [1.29, 1.82) is 0 Å². The first kappa shape index (κ1) is 15.8. The molecule has 1 saturated carbocycles. The van der Waals surface area contributed by atoms with Gasteiger partial charge >= 0.3 is 0 Å². The van der Waals surface area contributed by atoms with E-state index in [0.29, 0.717) is 28.3 Å². The Morgan fingerprint density at radius 1 is 1.27 bits per heavy atom. The van der Waals surface area contributed by atoms with Crippen molar-refractivity contribution < 1.29 is 9.59 Å². The maximum Gasteiger partial charge on any atom is 0.264 e. The molecule has 120 valence electrons. The van der Waals surface area contributed by atoms with Gasteiger partial charge in [-0.1, -0.05) is 11.6 Å². The predicted octanol–water partition coefficient (Wildman–Crippen LogP) is 1.83. The van der Waals surface area contributed by atoms with Crippen LogP contribution < -0.4 is 5.32 Å². The fraction of sp³-hybridized carbons (Fsp3) is 0.600. The zero-order valence-electron chi connectivity index (χ0n) is 12.5. The van der Waals surface area contributed by atoms with E-state index in [9.17, 15) is 9.59 Å². The van der Waals surface area contributed by atoms with Crippen molar-refractivity contribution in [1.82, 2.24) is 15.1 Å². The van der Waals surface area contributed by atoms with Crippen molar-refractivity contribution in [2.24, 2.45) is 0 Å². The van der Waals surface area contributed by atoms with Crippen LogP contribution in [0.3, 0.4) is 0 Å². The molecule has 2 aliphatic rings. The quantitative estimate of drug-likeness (QED) is 0.909. The second-order valence-corrected chi connectivity index (χ2v) is 7.61. The summed E-state index contributed by atoms with van der Waals surface area (Å²) in [4.78, 5) is 29.1. The van der Waals surface area contributed by atoms with E-state index in [0.717, 1.165) is 25.9 Å². The van der Waals surface area contributed by atoms with Crippen LogP contribution in [0.5, 0.6) is 0 Å². The van der Waals surface area contributed by atoms with E-state index in [1.54, 1.807) is 12.1 Å². The first-order chi connectivity index (χ1) is 10.5. The minimum Gasteiger partial charge on any atom is -0.352 e. The Bertz CT molecular complexity index is 565. The topological polar surface area (TPSA) is 52.7 Å². The number of nitrogens with one attached hydrogen (secondary N) is 1. The number of piperazine rings is 1. The van der Waals surface area contributed by atoms with Crippen LogP contribution in [0.15, 0.2) is 12.1 Å². The Labute approximate surface area is 139 Å². The number of amides is 2. The van der Waals surface area contributed by atoms with Gasteiger partial charge in [-0.2, -0.15) is 0 Å². The molecule has 1 atom stereocenters. The lowest BCUT2D eigenvalue weighted by molar-refractivity contribution is -0.126. The zero-order chi connectivity index (χ0) is 15.7. The van der Waals surface area contributed by atoms with Crippen molar-refractivity contribution in [3.05, 3.63) is 21.3 Å². The Balaban J connectivity index is 1.51. The van der Waals surface area contributed by atoms with E-state index in [-0.39, 0.29) is 17.9 Å². The monoisotopic (exact) mass is 341 g/mol. The summed E-state index contributed by atoms with van der Waals surface area (Å²) >= 11 is 7.20. The largest absolute Gasteiger partial charge is 0.352 e. The van der Waals surface area contributed by atoms with Crippen LogP contribution >= 0.6 is 22.9 Å². The Morgan fingerprint density at radius 2 is 1.95 bits per heavy atom. The fourth-order valence-corrected chi connectivity index (χ4v) is 3.62. The number of carbonyl (C=O) groups is 2. The molecule has 2 heterocycles. The molecule has 22 heavy (non-hydrogen) atoms. The highest BCUT2D eigenvalue weighted by molar-refractivity contribution is 7.17. The molecule has 7 heteroatoms. The molecule has 0 aromatic carbocycles. The molecule has 1 aromatic heterocycles. The molecule has 2 fully saturated rings. The first-order valence-electron chi connectivity index (χ1n) is 7.63. The van der Waals surface area contributed by atoms with Gasteiger partial charge in [-0.3, -0.25) is 14.5 Å². The van der Waals surface area contributed by atoms with E-state index < -0.39 is 0 Å².